The molecule has 0 amide bonds. The Morgan fingerprint density at radius 1 is 0.912 bits per heavy atom. The molecule has 34 heavy (non-hydrogen) atoms. The van der Waals surface area contributed by atoms with E-state index in [1.54, 1.807) is 23.0 Å². The van der Waals surface area contributed by atoms with Gasteiger partial charge in [-0.1, -0.05) is 0 Å². The number of hydrogen-bond donors (Lipinski definition) is 2. The van der Waals surface area contributed by atoms with Crippen molar-refractivity contribution in [3.8, 4) is 0 Å². The molecule has 0 aliphatic carbocycles. The van der Waals surface area contributed by atoms with Crippen LogP contribution in [0.4, 0.5) is 8.78 Å². The van der Waals surface area contributed by atoms with E-state index in [0.717, 1.165) is 0 Å². The van der Waals surface area contributed by atoms with Gasteiger partial charge >= 0.3 is 11.9 Å². The number of hydrogen-bond acceptors (Lipinski definition) is 8. The molecule has 2 aliphatic heterocycles. The monoisotopic (exact) mass is 526 g/mol. The zero-order chi connectivity index (χ0) is 23.4. The number of carbonyl (C=O) groups excluding carboxylic acids is 2. The minimum atomic E-state index is -0.915. The lowest BCUT2D eigenvalue weighted by Crippen LogP contribution is -2.25. The van der Waals surface area contributed by atoms with Crippen LogP contribution in [0.5, 0.6) is 0 Å². The van der Waals surface area contributed by atoms with Crippen LogP contribution in [0.25, 0.3) is 0 Å². The average molecular weight is 527 g/mol. The SMILES string of the molecule is CCOC(=O)C(N)c1ncn2c1C[C@@H](F)C2.CCOC(=O)C(N)c1ncn2c1C[C@@H](F)C2.Cl.Cl. The summed E-state index contributed by atoms with van der Waals surface area (Å²) in [5.41, 5.74) is 13.7. The van der Waals surface area contributed by atoms with Crippen molar-refractivity contribution < 1.29 is 27.8 Å². The molecule has 0 aromatic carbocycles. The molecule has 4 atom stereocenters. The van der Waals surface area contributed by atoms with Crippen LogP contribution in [0.3, 0.4) is 0 Å². The average Bonchev–Trinajstić information content (AvgIpc) is 3.48. The summed E-state index contributed by atoms with van der Waals surface area (Å²) < 4.78 is 39.3. The molecular weight excluding hydrogens is 497 g/mol. The lowest BCUT2D eigenvalue weighted by atomic mass is 10.1. The van der Waals surface area contributed by atoms with Crippen molar-refractivity contribution in [2.45, 2.75) is 64.2 Å². The Balaban J connectivity index is 0.000000321. The predicted molar refractivity (Wildman–Crippen MR) is 123 cm³/mol. The van der Waals surface area contributed by atoms with Crippen LogP contribution in [0.1, 0.15) is 48.7 Å². The van der Waals surface area contributed by atoms with Gasteiger partial charge in [-0.05, 0) is 13.8 Å². The number of fused-ring (bicyclic) bond motifs is 2. The van der Waals surface area contributed by atoms with Crippen LogP contribution in [0.15, 0.2) is 12.7 Å². The fourth-order valence-corrected chi connectivity index (χ4v) is 3.79. The van der Waals surface area contributed by atoms with Gasteiger partial charge in [0.1, 0.15) is 24.4 Å². The first kappa shape index (κ1) is 29.8. The summed E-state index contributed by atoms with van der Waals surface area (Å²) in [6.45, 7) is 4.54. The van der Waals surface area contributed by atoms with Gasteiger partial charge in [-0.15, -0.1) is 24.8 Å². The molecule has 0 radical (unpaired) electrons. The first-order valence-corrected chi connectivity index (χ1v) is 10.5. The van der Waals surface area contributed by atoms with Crippen molar-refractivity contribution in [3.63, 3.8) is 0 Å². The molecule has 0 bridgehead atoms. The van der Waals surface area contributed by atoms with E-state index in [9.17, 15) is 18.4 Å². The summed E-state index contributed by atoms with van der Waals surface area (Å²) in [6.07, 6.45) is 1.75. The molecule has 2 aromatic rings. The number of nitrogens with zero attached hydrogens (tertiary/aromatic N) is 4. The number of alkyl halides is 2. The molecule has 0 spiro atoms. The van der Waals surface area contributed by atoms with E-state index < -0.39 is 36.4 Å². The van der Waals surface area contributed by atoms with Gasteiger partial charge in [0.15, 0.2) is 0 Å². The van der Waals surface area contributed by atoms with E-state index in [0.29, 0.717) is 22.8 Å². The third-order valence-corrected chi connectivity index (χ3v) is 5.25. The Bertz CT molecular complexity index is 897. The number of carbonyl (C=O) groups is 2. The molecule has 0 saturated heterocycles. The van der Waals surface area contributed by atoms with Crippen molar-refractivity contribution in [3.05, 3.63) is 35.4 Å². The summed E-state index contributed by atoms with van der Waals surface area (Å²) in [7, 11) is 0. The van der Waals surface area contributed by atoms with Crippen LogP contribution < -0.4 is 11.5 Å². The normalized spacial score (nSPS) is 19.4. The molecular formula is C20H30Cl2F2N6O4. The summed E-state index contributed by atoms with van der Waals surface area (Å²) in [4.78, 5) is 31.0. The molecule has 4 rings (SSSR count). The van der Waals surface area contributed by atoms with Gasteiger partial charge in [0.25, 0.3) is 0 Å². The first-order chi connectivity index (χ1) is 15.3. The number of rotatable bonds is 6. The van der Waals surface area contributed by atoms with Gasteiger partial charge in [-0.25, -0.2) is 28.3 Å². The van der Waals surface area contributed by atoms with Crippen molar-refractivity contribution in [1.29, 1.82) is 0 Å². The Morgan fingerprint density at radius 3 is 1.59 bits per heavy atom. The molecule has 14 heteroatoms. The molecule has 2 unspecified atom stereocenters. The number of imidazole rings is 2. The Kier molecular flexibility index (Phi) is 11.4. The van der Waals surface area contributed by atoms with Crippen LogP contribution in [-0.2, 0) is 45.0 Å². The molecule has 2 aliphatic rings. The summed E-state index contributed by atoms with van der Waals surface area (Å²) in [6, 6.07) is -1.83. The Hall–Kier alpha value is -2.28. The predicted octanol–water partition coefficient (Wildman–Crippen LogP) is 1.52. The van der Waals surface area contributed by atoms with E-state index in [4.69, 9.17) is 20.9 Å². The summed E-state index contributed by atoms with van der Waals surface area (Å²) in [5, 5.41) is 0. The highest BCUT2D eigenvalue weighted by molar-refractivity contribution is 5.85. The first-order valence-electron chi connectivity index (χ1n) is 10.5. The van der Waals surface area contributed by atoms with E-state index in [-0.39, 0.29) is 64.0 Å². The molecule has 4 N–H and O–H groups in total. The smallest absolute Gasteiger partial charge is 0.329 e. The third-order valence-electron chi connectivity index (χ3n) is 5.25. The zero-order valence-electron chi connectivity index (χ0n) is 18.9. The number of nitrogens with two attached hydrogens (primary N) is 2. The lowest BCUT2D eigenvalue weighted by Gasteiger charge is -2.09. The largest absolute Gasteiger partial charge is 0.465 e. The highest BCUT2D eigenvalue weighted by atomic mass is 35.5. The second-order valence-electron chi connectivity index (χ2n) is 7.52. The van der Waals surface area contributed by atoms with Gasteiger partial charge in [0.05, 0.1) is 50.3 Å². The van der Waals surface area contributed by atoms with Gasteiger partial charge in [-0.2, -0.15) is 0 Å². The highest BCUT2D eigenvalue weighted by Crippen LogP contribution is 2.25. The van der Waals surface area contributed by atoms with Gasteiger partial charge < -0.3 is 30.1 Å². The maximum atomic E-state index is 13.1. The van der Waals surface area contributed by atoms with Gasteiger partial charge in [-0.3, -0.25) is 0 Å². The minimum Gasteiger partial charge on any atom is -0.465 e. The van der Waals surface area contributed by atoms with Crippen molar-refractivity contribution in [2.24, 2.45) is 11.5 Å². The van der Waals surface area contributed by atoms with Crippen LogP contribution >= 0.6 is 24.8 Å². The van der Waals surface area contributed by atoms with E-state index in [1.165, 1.54) is 12.7 Å². The lowest BCUT2D eigenvalue weighted by molar-refractivity contribution is -0.145. The number of aromatic nitrogens is 4. The second kappa shape index (κ2) is 13.0. The Morgan fingerprint density at radius 2 is 1.26 bits per heavy atom. The summed E-state index contributed by atoms with van der Waals surface area (Å²) >= 11 is 0. The topological polar surface area (TPSA) is 140 Å². The molecule has 192 valence electrons. The fraction of sp³-hybridized carbons (Fsp3) is 0.600. The summed E-state index contributed by atoms with van der Waals surface area (Å²) in [5.74, 6) is -1.04. The molecule has 4 heterocycles. The molecule has 2 aromatic heterocycles. The third kappa shape index (κ3) is 6.44. The fourth-order valence-electron chi connectivity index (χ4n) is 3.79. The number of halogens is 4. The van der Waals surface area contributed by atoms with Gasteiger partial charge in [0, 0.05) is 24.2 Å². The molecule has 0 saturated carbocycles. The van der Waals surface area contributed by atoms with Crippen molar-refractivity contribution >= 4 is 36.8 Å². The quantitative estimate of drug-likeness (QED) is 0.539. The maximum Gasteiger partial charge on any atom is 0.329 e. The van der Waals surface area contributed by atoms with E-state index >= 15 is 0 Å². The number of ether oxygens (including phenoxy) is 2. The van der Waals surface area contributed by atoms with Crippen molar-refractivity contribution in [2.75, 3.05) is 13.2 Å². The molecule has 0 fully saturated rings. The van der Waals surface area contributed by atoms with Crippen molar-refractivity contribution in [1.82, 2.24) is 19.1 Å². The van der Waals surface area contributed by atoms with E-state index in [1.807, 2.05) is 0 Å². The van der Waals surface area contributed by atoms with Crippen LogP contribution in [-0.4, -0.2) is 56.6 Å². The van der Waals surface area contributed by atoms with Gasteiger partial charge in [0.2, 0.25) is 0 Å². The minimum absolute atomic E-state index is 0. The van der Waals surface area contributed by atoms with Crippen LogP contribution in [0, 0.1) is 0 Å². The Labute approximate surface area is 208 Å². The van der Waals surface area contributed by atoms with Crippen LogP contribution in [0.2, 0.25) is 0 Å². The molecule has 10 nitrogen and oxygen atoms in total. The van der Waals surface area contributed by atoms with E-state index in [2.05, 4.69) is 9.97 Å². The zero-order valence-corrected chi connectivity index (χ0v) is 20.5. The highest BCUT2D eigenvalue weighted by Gasteiger charge is 2.31. The maximum absolute atomic E-state index is 13.1. The second-order valence-corrected chi connectivity index (χ2v) is 7.52. The standard InChI is InChI=1S/2C10H14FN3O2.2ClH/c2*1-2-16-10(15)8(12)9-7-3-6(11)4-14(7)5-13-9;;/h2*5-6,8H,2-4,12H2,1H3;2*1H/t2*6-,8?;;/m11../s1. The number of esters is 2.